The standard InChI is InChI=1S/C17H16N8O2/c1-22-16-13(10-21-22)17(20-11-19-16)24-6-4-23(5-7-24)14-3-2-12(9-18)8-15(14)25(26)27/h2-3,8,10-11H,4-7H2,1H3. The van der Waals surface area contributed by atoms with Crippen LogP contribution in [0.5, 0.6) is 0 Å². The summed E-state index contributed by atoms with van der Waals surface area (Å²) in [6, 6.07) is 6.53. The molecule has 1 aromatic carbocycles. The van der Waals surface area contributed by atoms with E-state index in [0.717, 1.165) is 16.9 Å². The third-order valence-electron chi connectivity index (χ3n) is 4.73. The molecular weight excluding hydrogens is 348 g/mol. The number of hydrogen-bond donors (Lipinski definition) is 0. The van der Waals surface area contributed by atoms with Crippen LogP contribution in [0.4, 0.5) is 17.2 Å². The van der Waals surface area contributed by atoms with Crippen molar-refractivity contribution in [1.29, 1.82) is 5.26 Å². The fourth-order valence-electron chi connectivity index (χ4n) is 3.37. The molecule has 0 atom stereocenters. The van der Waals surface area contributed by atoms with Gasteiger partial charge < -0.3 is 9.80 Å². The number of piperazine rings is 1. The highest BCUT2D eigenvalue weighted by atomic mass is 16.6. The second-order valence-corrected chi connectivity index (χ2v) is 6.25. The lowest BCUT2D eigenvalue weighted by Crippen LogP contribution is -2.47. The van der Waals surface area contributed by atoms with Crippen molar-refractivity contribution in [2.45, 2.75) is 0 Å². The second-order valence-electron chi connectivity index (χ2n) is 6.25. The maximum Gasteiger partial charge on any atom is 0.293 e. The number of anilines is 2. The van der Waals surface area contributed by atoms with E-state index in [0.29, 0.717) is 31.9 Å². The van der Waals surface area contributed by atoms with Crippen LogP contribution in [-0.4, -0.2) is 50.9 Å². The van der Waals surface area contributed by atoms with Gasteiger partial charge in [-0.05, 0) is 12.1 Å². The lowest BCUT2D eigenvalue weighted by molar-refractivity contribution is -0.384. The quantitative estimate of drug-likeness (QED) is 0.506. The van der Waals surface area contributed by atoms with Crippen molar-refractivity contribution in [1.82, 2.24) is 19.7 Å². The molecule has 4 rings (SSSR count). The maximum atomic E-state index is 11.4. The Balaban J connectivity index is 1.58. The molecule has 0 saturated carbocycles. The zero-order valence-electron chi connectivity index (χ0n) is 14.6. The van der Waals surface area contributed by atoms with Gasteiger partial charge in [-0.25, -0.2) is 9.97 Å². The Morgan fingerprint density at radius 1 is 1.19 bits per heavy atom. The number of fused-ring (bicyclic) bond motifs is 1. The minimum Gasteiger partial charge on any atom is -0.362 e. The molecule has 136 valence electrons. The molecule has 3 aromatic rings. The van der Waals surface area contributed by atoms with Crippen LogP contribution in [0.2, 0.25) is 0 Å². The molecule has 1 saturated heterocycles. The van der Waals surface area contributed by atoms with E-state index in [4.69, 9.17) is 5.26 Å². The van der Waals surface area contributed by atoms with Gasteiger partial charge in [0.05, 0.1) is 28.1 Å². The van der Waals surface area contributed by atoms with E-state index in [1.54, 1.807) is 23.0 Å². The number of hydrogen-bond acceptors (Lipinski definition) is 8. The van der Waals surface area contributed by atoms with Gasteiger partial charge in [0.25, 0.3) is 5.69 Å². The van der Waals surface area contributed by atoms with Crippen molar-refractivity contribution in [3.8, 4) is 6.07 Å². The lowest BCUT2D eigenvalue weighted by Gasteiger charge is -2.36. The summed E-state index contributed by atoms with van der Waals surface area (Å²) in [6.45, 7) is 2.55. The Labute approximate surface area is 154 Å². The minimum atomic E-state index is -0.438. The van der Waals surface area contributed by atoms with E-state index in [1.807, 2.05) is 18.0 Å². The van der Waals surface area contributed by atoms with Gasteiger partial charge in [-0.2, -0.15) is 10.4 Å². The number of aryl methyl sites for hydroxylation is 1. The van der Waals surface area contributed by atoms with Crippen LogP contribution in [0.1, 0.15) is 5.56 Å². The monoisotopic (exact) mass is 364 g/mol. The van der Waals surface area contributed by atoms with Gasteiger partial charge in [0.1, 0.15) is 17.8 Å². The molecule has 1 aliphatic rings. The molecule has 27 heavy (non-hydrogen) atoms. The highest BCUT2D eigenvalue weighted by molar-refractivity contribution is 5.86. The number of nitro benzene ring substituents is 1. The summed E-state index contributed by atoms with van der Waals surface area (Å²) in [7, 11) is 1.83. The van der Waals surface area contributed by atoms with Crippen molar-refractivity contribution in [2.75, 3.05) is 36.0 Å². The summed E-state index contributed by atoms with van der Waals surface area (Å²) in [4.78, 5) is 23.7. The molecule has 10 nitrogen and oxygen atoms in total. The van der Waals surface area contributed by atoms with Gasteiger partial charge in [-0.15, -0.1) is 0 Å². The first-order valence-electron chi connectivity index (χ1n) is 8.39. The Bertz CT molecular complexity index is 1060. The van der Waals surface area contributed by atoms with Crippen molar-refractivity contribution >= 4 is 28.2 Å². The third-order valence-corrected chi connectivity index (χ3v) is 4.73. The van der Waals surface area contributed by atoms with Crippen molar-refractivity contribution < 1.29 is 4.92 Å². The first-order valence-corrected chi connectivity index (χ1v) is 8.39. The zero-order chi connectivity index (χ0) is 19.0. The Morgan fingerprint density at radius 2 is 1.93 bits per heavy atom. The Hall–Kier alpha value is -3.74. The van der Waals surface area contributed by atoms with E-state index in [1.165, 1.54) is 12.4 Å². The first kappa shape index (κ1) is 16.7. The normalized spacial score (nSPS) is 14.4. The van der Waals surface area contributed by atoms with E-state index < -0.39 is 4.92 Å². The number of aromatic nitrogens is 4. The van der Waals surface area contributed by atoms with Gasteiger partial charge >= 0.3 is 0 Å². The third kappa shape index (κ3) is 2.89. The molecule has 0 bridgehead atoms. The van der Waals surface area contributed by atoms with Crippen molar-refractivity contribution in [3.05, 3.63) is 46.4 Å². The van der Waals surface area contributed by atoms with E-state index in [9.17, 15) is 10.1 Å². The highest BCUT2D eigenvalue weighted by Gasteiger charge is 2.25. The predicted octanol–water partition coefficient (Wildman–Crippen LogP) is 1.47. The fraction of sp³-hybridized carbons (Fsp3) is 0.294. The number of rotatable bonds is 3. The molecule has 1 fully saturated rings. The molecule has 2 aromatic heterocycles. The van der Waals surface area contributed by atoms with Gasteiger partial charge in [0.15, 0.2) is 5.65 Å². The molecule has 0 radical (unpaired) electrons. The van der Waals surface area contributed by atoms with Crippen LogP contribution in [0.15, 0.2) is 30.7 Å². The molecule has 3 heterocycles. The molecule has 0 amide bonds. The summed E-state index contributed by atoms with van der Waals surface area (Å²) in [5.74, 6) is 0.821. The summed E-state index contributed by atoms with van der Waals surface area (Å²) in [6.07, 6.45) is 3.28. The van der Waals surface area contributed by atoms with E-state index >= 15 is 0 Å². The fourth-order valence-corrected chi connectivity index (χ4v) is 3.37. The van der Waals surface area contributed by atoms with Gasteiger partial charge in [-0.3, -0.25) is 14.8 Å². The summed E-state index contributed by atoms with van der Waals surface area (Å²) >= 11 is 0. The predicted molar refractivity (Wildman–Crippen MR) is 98.5 cm³/mol. The first-order chi connectivity index (χ1) is 13.1. The molecular formula is C17H16N8O2. The van der Waals surface area contributed by atoms with Crippen LogP contribution in [0, 0.1) is 21.4 Å². The average molecular weight is 364 g/mol. The number of nitro groups is 1. The Kier molecular flexibility index (Phi) is 4.04. The molecule has 10 heteroatoms. The summed E-state index contributed by atoms with van der Waals surface area (Å²) in [5.41, 5.74) is 1.54. The van der Waals surface area contributed by atoms with E-state index in [-0.39, 0.29) is 11.3 Å². The molecule has 0 aliphatic carbocycles. The van der Waals surface area contributed by atoms with Crippen LogP contribution in [0.25, 0.3) is 11.0 Å². The molecule has 0 unspecified atom stereocenters. The van der Waals surface area contributed by atoms with Crippen molar-refractivity contribution in [3.63, 3.8) is 0 Å². The van der Waals surface area contributed by atoms with Crippen molar-refractivity contribution in [2.24, 2.45) is 7.05 Å². The summed E-state index contributed by atoms with van der Waals surface area (Å²) < 4.78 is 1.71. The van der Waals surface area contributed by atoms with Crippen LogP contribution in [-0.2, 0) is 7.05 Å². The van der Waals surface area contributed by atoms with Crippen LogP contribution < -0.4 is 9.80 Å². The lowest BCUT2D eigenvalue weighted by atomic mass is 10.1. The molecule has 1 aliphatic heterocycles. The average Bonchev–Trinajstić information content (AvgIpc) is 3.09. The maximum absolute atomic E-state index is 11.4. The largest absolute Gasteiger partial charge is 0.362 e. The van der Waals surface area contributed by atoms with Crippen LogP contribution in [0.3, 0.4) is 0 Å². The second kappa shape index (κ2) is 6.53. The van der Waals surface area contributed by atoms with Gasteiger partial charge in [-0.1, -0.05) is 0 Å². The highest BCUT2D eigenvalue weighted by Crippen LogP contribution is 2.31. The smallest absolute Gasteiger partial charge is 0.293 e. The molecule has 0 spiro atoms. The zero-order valence-corrected chi connectivity index (χ0v) is 14.6. The van der Waals surface area contributed by atoms with Gasteiger partial charge in [0, 0.05) is 39.3 Å². The molecule has 0 N–H and O–H groups in total. The Morgan fingerprint density at radius 3 is 2.63 bits per heavy atom. The SMILES string of the molecule is Cn1ncc2c(N3CCN(c4ccc(C#N)cc4[N+](=O)[O-])CC3)ncnc21. The topological polar surface area (TPSA) is 117 Å². The van der Waals surface area contributed by atoms with E-state index in [2.05, 4.69) is 20.0 Å². The van der Waals surface area contributed by atoms with Gasteiger partial charge in [0.2, 0.25) is 0 Å². The summed E-state index contributed by atoms with van der Waals surface area (Å²) in [5, 5.41) is 25.5. The number of nitriles is 1. The van der Waals surface area contributed by atoms with Crippen LogP contribution >= 0.6 is 0 Å². The number of benzene rings is 1. The number of nitrogens with zero attached hydrogens (tertiary/aromatic N) is 8. The minimum absolute atomic E-state index is 0.0424.